The van der Waals surface area contributed by atoms with Gasteiger partial charge in [0.1, 0.15) is 11.6 Å². The molecular weight excluding hydrogens is 415 g/mol. The molecule has 172 valence electrons. The fraction of sp³-hybridized carbons (Fsp3) is 0.333. The van der Waals surface area contributed by atoms with Crippen LogP contribution < -0.4 is 10.2 Å². The molecule has 1 N–H and O–H groups in total. The largest absolute Gasteiger partial charge is 0.355 e. The van der Waals surface area contributed by atoms with Gasteiger partial charge in [-0.05, 0) is 59.9 Å². The SMILES string of the molecule is CC(C)c1ccc(CN2CCCN(c3ccc(NC(=O)c4ccc(F)cc4)cn3)CC2)cc1. The third kappa shape index (κ3) is 6.17. The molecule has 0 unspecified atom stereocenters. The molecule has 2 aromatic carbocycles. The maximum absolute atomic E-state index is 13.1. The topological polar surface area (TPSA) is 48.5 Å². The zero-order valence-electron chi connectivity index (χ0n) is 19.3. The average Bonchev–Trinajstić information content (AvgIpc) is 3.06. The summed E-state index contributed by atoms with van der Waals surface area (Å²) in [5.41, 5.74) is 3.76. The zero-order chi connectivity index (χ0) is 23.2. The summed E-state index contributed by atoms with van der Waals surface area (Å²) < 4.78 is 13.1. The van der Waals surface area contributed by atoms with E-state index in [1.165, 1.54) is 35.4 Å². The van der Waals surface area contributed by atoms with Crippen molar-refractivity contribution in [3.63, 3.8) is 0 Å². The van der Waals surface area contributed by atoms with E-state index < -0.39 is 0 Å². The summed E-state index contributed by atoms with van der Waals surface area (Å²) in [5.74, 6) is 0.827. The lowest BCUT2D eigenvalue weighted by Gasteiger charge is -2.23. The molecule has 5 nitrogen and oxygen atoms in total. The first-order chi connectivity index (χ1) is 16.0. The number of pyridine rings is 1. The van der Waals surface area contributed by atoms with E-state index in [2.05, 4.69) is 58.2 Å². The van der Waals surface area contributed by atoms with E-state index >= 15 is 0 Å². The highest BCUT2D eigenvalue weighted by atomic mass is 19.1. The van der Waals surface area contributed by atoms with Crippen LogP contribution in [0.25, 0.3) is 0 Å². The predicted molar refractivity (Wildman–Crippen MR) is 131 cm³/mol. The molecule has 1 aromatic heterocycles. The monoisotopic (exact) mass is 446 g/mol. The minimum Gasteiger partial charge on any atom is -0.355 e. The number of amides is 1. The van der Waals surface area contributed by atoms with Gasteiger partial charge in [-0.15, -0.1) is 0 Å². The Hall–Kier alpha value is -3.25. The summed E-state index contributed by atoms with van der Waals surface area (Å²) in [4.78, 5) is 21.7. The molecule has 33 heavy (non-hydrogen) atoms. The van der Waals surface area contributed by atoms with Gasteiger partial charge in [0.05, 0.1) is 11.9 Å². The number of anilines is 2. The number of halogens is 1. The number of carbonyl (C=O) groups excluding carboxylic acids is 1. The van der Waals surface area contributed by atoms with Gasteiger partial charge in [0.2, 0.25) is 0 Å². The van der Waals surface area contributed by atoms with E-state index in [9.17, 15) is 9.18 Å². The van der Waals surface area contributed by atoms with E-state index in [0.717, 1.165) is 45.0 Å². The highest BCUT2D eigenvalue weighted by molar-refractivity contribution is 6.04. The van der Waals surface area contributed by atoms with Gasteiger partial charge in [-0.2, -0.15) is 0 Å². The van der Waals surface area contributed by atoms with Crippen LogP contribution in [-0.2, 0) is 6.54 Å². The summed E-state index contributed by atoms with van der Waals surface area (Å²) >= 11 is 0. The van der Waals surface area contributed by atoms with Gasteiger partial charge in [-0.1, -0.05) is 38.1 Å². The van der Waals surface area contributed by atoms with Crippen LogP contribution in [0.1, 0.15) is 47.7 Å². The Morgan fingerprint density at radius 1 is 0.970 bits per heavy atom. The van der Waals surface area contributed by atoms with Crippen LogP contribution in [0.3, 0.4) is 0 Å². The number of nitrogens with zero attached hydrogens (tertiary/aromatic N) is 3. The zero-order valence-corrected chi connectivity index (χ0v) is 19.3. The number of carbonyl (C=O) groups is 1. The van der Waals surface area contributed by atoms with Crippen molar-refractivity contribution in [2.24, 2.45) is 0 Å². The lowest BCUT2D eigenvalue weighted by molar-refractivity contribution is 0.102. The Kier molecular flexibility index (Phi) is 7.35. The molecule has 1 aliphatic heterocycles. The predicted octanol–water partition coefficient (Wildman–Crippen LogP) is 5.31. The highest BCUT2D eigenvalue weighted by Crippen LogP contribution is 2.19. The Labute approximate surface area is 195 Å². The maximum Gasteiger partial charge on any atom is 0.255 e. The first-order valence-electron chi connectivity index (χ1n) is 11.6. The number of hydrogen-bond donors (Lipinski definition) is 1. The van der Waals surface area contributed by atoms with Crippen LogP contribution in [0.15, 0.2) is 66.9 Å². The summed E-state index contributed by atoms with van der Waals surface area (Å²) in [6.07, 6.45) is 2.75. The minimum atomic E-state index is -0.363. The fourth-order valence-electron chi connectivity index (χ4n) is 4.08. The van der Waals surface area contributed by atoms with Crippen LogP contribution in [0.4, 0.5) is 15.9 Å². The second-order valence-electron chi connectivity index (χ2n) is 8.88. The quantitative estimate of drug-likeness (QED) is 0.558. The molecule has 2 heterocycles. The van der Waals surface area contributed by atoms with Gasteiger partial charge in [0.15, 0.2) is 0 Å². The van der Waals surface area contributed by atoms with Crippen molar-refractivity contribution in [1.82, 2.24) is 9.88 Å². The molecule has 3 aromatic rings. The van der Waals surface area contributed by atoms with Gasteiger partial charge in [-0.3, -0.25) is 9.69 Å². The van der Waals surface area contributed by atoms with Crippen LogP contribution in [0.2, 0.25) is 0 Å². The van der Waals surface area contributed by atoms with Crippen molar-refractivity contribution in [3.8, 4) is 0 Å². The number of benzene rings is 2. The summed E-state index contributed by atoms with van der Waals surface area (Å²) in [5, 5.41) is 2.81. The Bertz CT molecular complexity index is 1050. The van der Waals surface area contributed by atoms with Gasteiger partial charge >= 0.3 is 0 Å². The van der Waals surface area contributed by atoms with Crippen LogP contribution in [-0.4, -0.2) is 42.0 Å². The van der Waals surface area contributed by atoms with E-state index in [-0.39, 0.29) is 11.7 Å². The van der Waals surface area contributed by atoms with Crippen molar-refractivity contribution in [2.45, 2.75) is 32.7 Å². The van der Waals surface area contributed by atoms with E-state index in [1.54, 1.807) is 6.20 Å². The van der Waals surface area contributed by atoms with Crippen molar-refractivity contribution in [3.05, 3.63) is 89.4 Å². The van der Waals surface area contributed by atoms with Crippen LogP contribution in [0, 0.1) is 5.82 Å². The fourth-order valence-corrected chi connectivity index (χ4v) is 4.08. The molecule has 0 spiro atoms. The Morgan fingerprint density at radius 2 is 1.73 bits per heavy atom. The molecule has 1 saturated heterocycles. The van der Waals surface area contributed by atoms with Gasteiger partial charge in [-0.25, -0.2) is 9.37 Å². The summed E-state index contributed by atoms with van der Waals surface area (Å²) in [7, 11) is 0. The third-order valence-electron chi connectivity index (χ3n) is 6.08. The van der Waals surface area contributed by atoms with Gasteiger partial charge in [0, 0.05) is 38.3 Å². The van der Waals surface area contributed by atoms with Crippen LogP contribution in [0.5, 0.6) is 0 Å². The van der Waals surface area contributed by atoms with E-state index in [0.29, 0.717) is 17.2 Å². The molecule has 4 rings (SSSR count). The first kappa shape index (κ1) is 22.9. The van der Waals surface area contributed by atoms with Gasteiger partial charge in [0.25, 0.3) is 5.91 Å². The smallest absolute Gasteiger partial charge is 0.255 e. The number of nitrogens with one attached hydrogen (secondary N) is 1. The standard InChI is InChI=1S/C27H31FN4O/c1-20(2)22-6-4-21(5-7-22)19-31-14-3-15-32(17-16-31)26-13-12-25(18-29-26)30-27(33)23-8-10-24(28)11-9-23/h4-13,18,20H,3,14-17,19H2,1-2H3,(H,30,33). The number of rotatable bonds is 6. The van der Waals surface area contributed by atoms with Crippen molar-refractivity contribution in [1.29, 1.82) is 0 Å². The number of hydrogen-bond acceptors (Lipinski definition) is 4. The highest BCUT2D eigenvalue weighted by Gasteiger charge is 2.17. The second-order valence-corrected chi connectivity index (χ2v) is 8.88. The molecular formula is C27H31FN4O. The van der Waals surface area contributed by atoms with Crippen molar-refractivity contribution >= 4 is 17.4 Å². The van der Waals surface area contributed by atoms with E-state index in [4.69, 9.17) is 0 Å². The normalized spacial score (nSPS) is 14.8. The van der Waals surface area contributed by atoms with Crippen molar-refractivity contribution in [2.75, 3.05) is 36.4 Å². The summed E-state index contributed by atoms with van der Waals surface area (Å²) in [6.45, 7) is 9.32. The minimum absolute atomic E-state index is 0.281. The molecule has 1 aliphatic rings. The molecule has 0 bridgehead atoms. The third-order valence-corrected chi connectivity index (χ3v) is 6.08. The first-order valence-corrected chi connectivity index (χ1v) is 11.6. The van der Waals surface area contributed by atoms with E-state index in [1.807, 2.05) is 12.1 Å². The Balaban J connectivity index is 1.31. The maximum atomic E-state index is 13.1. The molecule has 0 saturated carbocycles. The average molecular weight is 447 g/mol. The molecule has 1 fully saturated rings. The molecule has 1 amide bonds. The summed E-state index contributed by atoms with van der Waals surface area (Å²) in [6, 6.07) is 18.3. The van der Waals surface area contributed by atoms with Crippen LogP contribution >= 0.6 is 0 Å². The molecule has 0 aliphatic carbocycles. The Morgan fingerprint density at radius 3 is 2.39 bits per heavy atom. The van der Waals surface area contributed by atoms with Crippen molar-refractivity contribution < 1.29 is 9.18 Å². The van der Waals surface area contributed by atoms with Gasteiger partial charge < -0.3 is 10.2 Å². The second kappa shape index (κ2) is 10.6. The lowest BCUT2D eigenvalue weighted by atomic mass is 10.0. The molecule has 0 radical (unpaired) electrons. The lowest BCUT2D eigenvalue weighted by Crippen LogP contribution is -2.31. The molecule has 6 heteroatoms. The molecule has 0 atom stereocenters. The number of aromatic nitrogens is 1.